The third kappa shape index (κ3) is 6.86. The lowest BCUT2D eigenvalue weighted by Gasteiger charge is -2.33. The summed E-state index contributed by atoms with van der Waals surface area (Å²) >= 11 is 6.05. The summed E-state index contributed by atoms with van der Waals surface area (Å²) in [5.74, 6) is -0.0793. The Hall–Kier alpha value is -2.78. The molecule has 1 aliphatic rings. The molecule has 1 heterocycles. The third-order valence-electron chi connectivity index (χ3n) is 5.18. The number of carbonyl (C=O) groups is 2. The van der Waals surface area contributed by atoms with Gasteiger partial charge in [-0.3, -0.25) is 9.52 Å². The van der Waals surface area contributed by atoms with Gasteiger partial charge >= 0.3 is 6.03 Å². The fraction of sp³-hybridized carbons (Fsp3) is 0.364. The Morgan fingerprint density at radius 3 is 2.56 bits per heavy atom. The van der Waals surface area contributed by atoms with Crippen molar-refractivity contribution < 1.29 is 18.0 Å². The van der Waals surface area contributed by atoms with E-state index >= 15 is 0 Å². The van der Waals surface area contributed by atoms with Crippen molar-refractivity contribution in [3.05, 3.63) is 58.6 Å². The largest absolute Gasteiger partial charge is 0.338 e. The van der Waals surface area contributed by atoms with Crippen LogP contribution >= 0.6 is 11.6 Å². The van der Waals surface area contributed by atoms with Gasteiger partial charge in [0, 0.05) is 30.9 Å². The van der Waals surface area contributed by atoms with Gasteiger partial charge in [-0.1, -0.05) is 29.3 Å². The van der Waals surface area contributed by atoms with Crippen LogP contribution in [0, 0.1) is 12.8 Å². The molecule has 0 bridgehead atoms. The van der Waals surface area contributed by atoms with Crippen molar-refractivity contribution in [2.45, 2.75) is 19.8 Å². The molecule has 0 spiro atoms. The van der Waals surface area contributed by atoms with Crippen LogP contribution in [0.4, 0.5) is 16.2 Å². The topological polar surface area (TPSA) is 108 Å². The Bertz CT molecular complexity index is 1090. The minimum Gasteiger partial charge on any atom is -0.338 e. The van der Waals surface area contributed by atoms with Crippen molar-refractivity contribution >= 4 is 44.9 Å². The van der Waals surface area contributed by atoms with Crippen molar-refractivity contribution in [3.8, 4) is 0 Å². The second kappa shape index (κ2) is 10.2. The van der Waals surface area contributed by atoms with E-state index in [1.54, 1.807) is 11.0 Å². The molecular weight excluding hydrogens is 452 g/mol. The minimum atomic E-state index is -3.52. The highest BCUT2D eigenvalue weighted by Gasteiger charge is 2.25. The number of urea groups is 1. The van der Waals surface area contributed by atoms with E-state index in [1.807, 2.05) is 31.2 Å². The molecule has 0 aromatic heterocycles. The highest BCUT2D eigenvalue weighted by Crippen LogP contribution is 2.26. The summed E-state index contributed by atoms with van der Waals surface area (Å²) in [5, 5.41) is 5.89. The van der Waals surface area contributed by atoms with E-state index in [0.29, 0.717) is 25.2 Å². The van der Waals surface area contributed by atoms with Crippen molar-refractivity contribution in [1.29, 1.82) is 0 Å². The van der Waals surface area contributed by atoms with E-state index < -0.39 is 10.0 Å². The lowest BCUT2D eigenvalue weighted by atomic mass is 9.97. The smallest absolute Gasteiger partial charge is 0.319 e. The van der Waals surface area contributed by atoms with E-state index in [0.717, 1.165) is 30.3 Å². The Kier molecular flexibility index (Phi) is 7.63. The number of sulfonamides is 1. The number of nitrogens with zero attached hydrogens (tertiary/aromatic N) is 1. The van der Waals surface area contributed by atoms with Crippen LogP contribution in [0.25, 0.3) is 0 Å². The van der Waals surface area contributed by atoms with E-state index in [2.05, 4.69) is 15.4 Å². The lowest BCUT2D eigenvalue weighted by Crippen LogP contribution is -2.44. The molecule has 1 aliphatic heterocycles. The molecule has 3 amide bonds. The number of likely N-dealkylation sites (tertiary alicyclic amines) is 1. The molecule has 0 saturated carbocycles. The Labute approximate surface area is 193 Å². The van der Waals surface area contributed by atoms with Crippen molar-refractivity contribution in [1.82, 2.24) is 10.2 Å². The predicted molar refractivity (Wildman–Crippen MR) is 127 cm³/mol. The van der Waals surface area contributed by atoms with E-state index in [1.165, 1.54) is 12.1 Å². The standard InChI is InChI=1S/C22H27ClN4O4S/c1-15-5-8-18(9-6-15)25-22(29)24-13-16-4-3-11-27(14-16)21(28)17-7-10-19(23)20(12-17)26-32(2,30)31/h5-10,12,16,26H,3-4,11,13-14H2,1-2H3,(H2,24,25,29). The van der Waals surface area contributed by atoms with Crippen LogP contribution in [0.3, 0.4) is 0 Å². The summed E-state index contributed by atoms with van der Waals surface area (Å²) in [6.45, 7) is 3.53. The maximum atomic E-state index is 13.0. The number of halogens is 1. The second-order valence-corrected chi connectivity index (χ2v) is 10.2. The number of anilines is 2. The van der Waals surface area contributed by atoms with Gasteiger partial charge in [0.1, 0.15) is 0 Å². The Morgan fingerprint density at radius 1 is 1.16 bits per heavy atom. The molecule has 1 fully saturated rings. The SMILES string of the molecule is Cc1ccc(NC(=O)NCC2CCCN(C(=O)c3ccc(Cl)c(NS(C)(=O)=O)c3)C2)cc1. The van der Waals surface area contributed by atoms with Gasteiger partial charge in [0.25, 0.3) is 5.91 Å². The van der Waals surface area contributed by atoms with E-state index in [9.17, 15) is 18.0 Å². The average molecular weight is 479 g/mol. The molecular formula is C22H27ClN4O4S. The number of benzene rings is 2. The molecule has 2 aromatic rings. The van der Waals surface area contributed by atoms with Crippen LogP contribution in [0.1, 0.15) is 28.8 Å². The first-order valence-corrected chi connectivity index (χ1v) is 12.6. The van der Waals surface area contributed by atoms with E-state index in [-0.39, 0.29) is 28.6 Å². The number of piperidine rings is 1. The summed E-state index contributed by atoms with van der Waals surface area (Å²) in [5.41, 5.74) is 2.35. The highest BCUT2D eigenvalue weighted by atomic mass is 35.5. The van der Waals surface area contributed by atoms with Crippen molar-refractivity contribution in [2.75, 3.05) is 35.9 Å². The van der Waals surface area contributed by atoms with Crippen molar-refractivity contribution in [2.24, 2.45) is 5.92 Å². The van der Waals surface area contributed by atoms with Gasteiger partial charge in [-0.05, 0) is 56.0 Å². The zero-order valence-corrected chi connectivity index (χ0v) is 19.6. The average Bonchev–Trinajstić information content (AvgIpc) is 2.74. The first-order valence-electron chi connectivity index (χ1n) is 10.3. The number of amides is 3. The number of aryl methyl sites for hydroxylation is 1. The molecule has 0 radical (unpaired) electrons. The summed E-state index contributed by atoms with van der Waals surface area (Å²) < 4.78 is 25.4. The van der Waals surface area contributed by atoms with Gasteiger partial charge in [-0.25, -0.2) is 13.2 Å². The number of carbonyl (C=O) groups excluding carboxylic acids is 2. The fourth-order valence-electron chi connectivity index (χ4n) is 3.58. The number of hydrogen-bond acceptors (Lipinski definition) is 4. The Morgan fingerprint density at radius 2 is 1.88 bits per heavy atom. The molecule has 1 atom stereocenters. The minimum absolute atomic E-state index is 0.123. The molecule has 10 heteroatoms. The second-order valence-electron chi connectivity index (χ2n) is 8.03. The van der Waals surface area contributed by atoms with Gasteiger partial charge in [0.2, 0.25) is 10.0 Å². The van der Waals surface area contributed by atoms with Gasteiger partial charge in [0.05, 0.1) is 17.0 Å². The third-order valence-corrected chi connectivity index (χ3v) is 6.10. The van der Waals surface area contributed by atoms with Crippen LogP contribution < -0.4 is 15.4 Å². The monoisotopic (exact) mass is 478 g/mol. The Balaban J connectivity index is 1.57. The zero-order valence-electron chi connectivity index (χ0n) is 18.0. The maximum absolute atomic E-state index is 13.0. The first-order chi connectivity index (χ1) is 15.1. The molecule has 1 unspecified atom stereocenters. The number of rotatable bonds is 6. The molecule has 172 valence electrons. The highest BCUT2D eigenvalue weighted by molar-refractivity contribution is 7.92. The summed E-state index contributed by atoms with van der Waals surface area (Å²) in [4.78, 5) is 26.9. The lowest BCUT2D eigenvalue weighted by molar-refractivity contribution is 0.0675. The van der Waals surface area contributed by atoms with Crippen LogP contribution in [0.15, 0.2) is 42.5 Å². The molecule has 2 aromatic carbocycles. The molecule has 32 heavy (non-hydrogen) atoms. The maximum Gasteiger partial charge on any atom is 0.319 e. The predicted octanol–water partition coefficient (Wildman–Crippen LogP) is 3.69. The fourth-order valence-corrected chi connectivity index (χ4v) is 4.37. The normalized spacial score (nSPS) is 16.3. The molecule has 1 saturated heterocycles. The number of nitrogens with one attached hydrogen (secondary N) is 3. The van der Waals surface area contributed by atoms with Crippen LogP contribution in [0.2, 0.25) is 5.02 Å². The quantitative estimate of drug-likeness (QED) is 0.588. The number of hydrogen-bond donors (Lipinski definition) is 3. The summed E-state index contributed by atoms with van der Waals surface area (Å²) in [6.07, 6.45) is 2.74. The molecule has 8 nitrogen and oxygen atoms in total. The van der Waals surface area contributed by atoms with Crippen LogP contribution in [-0.2, 0) is 10.0 Å². The summed E-state index contributed by atoms with van der Waals surface area (Å²) in [7, 11) is -3.52. The van der Waals surface area contributed by atoms with E-state index in [4.69, 9.17) is 11.6 Å². The first kappa shape index (κ1) is 23.9. The van der Waals surface area contributed by atoms with Gasteiger partial charge < -0.3 is 15.5 Å². The van der Waals surface area contributed by atoms with Crippen LogP contribution in [0.5, 0.6) is 0 Å². The van der Waals surface area contributed by atoms with Crippen LogP contribution in [-0.4, -0.2) is 51.1 Å². The zero-order chi connectivity index (χ0) is 23.3. The van der Waals surface area contributed by atoms with Gasteiger partial charge in [-0.2, -0.15) is 0 Å². The molecule has 0 aliphatic carbocycles. The molecule has 3 rings (SSSR count). The summed E-state index contributed by atoms with van der Waals surface area (Å²) in [6, 6.07) is 11.8. The van der Waals surface area contributed by atoms with Gasteiger partial charge in [-0.15, -0.1) is 0 Å². The molecule has 3 N–H and O–H groups in total. The van der Waals surface area contributed by atoms with Gasteiger partial charge in [0.15, 0.2) is 0 Å². The van der Waals surface area contributed by atoms with Crippen molar-refractivity contribution in [3.63, 3.8) is 0 Å².